The highest BCUT2D eigenvalue weighted by Gasteiger charge is 2.27. The van der Waals surface area contributed by atoms with E-state index in [1.165, 1.54) is 31.2 Å². The fourth-order valence-corrected chi connectivity index (χ4v) is 3.72. The predicted octanol–water partition coefficient (Wildman–Crippen LogP) is 2.33. The summed E-state index contributed by atoms with van der Waals surface area (Å²) in [5, 5.41) is 20.4. The maximum atomic E-state index is 14.5. The van der Waals surface area contributed by atoms with E-state index in [0.29, 0.717) is 43.1 Å². The first-order valence-corrected chi connectivity index (χ1v) is 10.2. The lowest BCUT2D eigenvalue weighted by atomic mass is 10.1. The molecule has 0 aliphatic carbocycles. The number of aliphatic hydroxyl groups is 1. The number of nitro benzene ring substituents is 1. The monoisotopic (exact) mass is 444 g/mol. The summed E-state index contributed by atoms with van der Waals surface area (Å²) in [6.45, 7) is 2.86. The Morgan fingerprint density at radius 1 is 1.16 bits per heavy atom. The van der Waals surface area contributed by atoms with E-state index in [4.69, 9.17) is 0 Å². The van der Waals surface area contributed by atoms with Crippen LogP contribution >= 0.6 is 0 Å². The number of hydrogen-bond acceptors (Lipinski definition) is 7. The minimum absolute atomic E-state index is 0.131. The maximum Gasteiger partial charge on any atom is 0.270 e. The minimum Gasteiger partial charge on any atom is -0.395 e. The number of rotatable bonds is 7. The van der Waals surface area contributed by atoms with Crippen molar-refractivity contribution in [3.8, 4) is 0 Å². The molecule has 0 saturated carbocycles. The molecule has 0 spiro atoms. The van der Waals surface area contributed by atoms with Gasteiger partial charge in [0.25, 0.3) is 11.6 Å². The highest BCUT2D eigenvalue weighted by molar-refractivity contribution is 6.00. The Hall–Kier alpha value is -3.53. The molecule has 32 heavy (non-hydrogen) atoms. The van der Waals surface area contributed by atoms with E-state index in [9.17, 15) is 29.2 Å². The number of anilines is 2. The fourth-order valence-electron chi connectivity index (χ4n) is 3.72. The Balaban J connectivity index is 1.78. The number of nitrogens with zero attached hydrogens (tertiary/aromatic N) is 4. The number of benzene rings is 2. The zero-order chi connectivity index (χ0) is 23.4. The van der Waals surface area contributed by atoms with Crippen LogP contribution in [-0.4, -0.2) is 73.0 Å². The molecule has 3 rings (SSSR count). The van der Waals surface area contributed by atoms with Gasteiger partial charge in [-0.25, -0.2) is 4.39 Å². The van der Waals surface area contributed by atoms with Crippen LogP contribution in [0.25, 0.3) is 0 Å². The molecular formula is C22H25FN4O5. The number of nitro groups is 1. The van der Waals surface area contributed by atoms with E-state index >= 15 is 0 Å². The molecule has 1 N–H and O–H groups in total. The number of aliphatic hydroxyl groups excluding tert-OH is 1. The van der Waals surface area contributed by atoms with Crippen LogP contribution in [0.4, 0.5) is 21.5 Å². The van der Waals surface area contributed by atoms with Crippen molar-refractivity contribution in [2.75, 3.05) is 56.2 Å². The first-order valence-electron chi connectivity index (χ1n) is 10.2. The van der Waals surface area contributed by atoms with Crippen LogP contribution in [0.15, 0.2) is 36.4 Å². The number of halogens is 1. The van der Waals surface area contributed by atoms with Gasteiger partial charge in [0, 0.05) is 63.2 Å². The lowest BCUT2D eigenvalue weighted by molar-refractivity contribution is -0.384. The van der Waals surface area contributed by atoms with Crippen molar-refractivity contribution in [2.45, 2.75) is 6.92 Å². The van der Waals surface area contributed by atoms with Crippen LogP contribution in [-0.2, 0) is 0 Å². The van der Waals surface area contributed by atoms with Gasteiger partial charge in [-0.1, -0.05) is 0 Å². The molecule has 0 atom stereocenters. The molecule has 0 bridgehead atoms. The summed E-state index contributed by atoms with van der Waals surface area (Å²) in [6, 6.07) is 8.42. The highest BCUT2D eigenvalue weighted by atomic mass is 19.1. The molecule has 9 nitrogen and oxygen atoms in total. The zero-order valence-corrected chi connectivity index (χ0v) is 18.0. The molecule has 1 fully saturated rings. The van der Waals surface area contributed by atoms with Crippen molar-refractivity contribution in [1.29, 1.82) is 0 Å². The maximum absolute atomic E-state index is 14.5. The van der Waals surface area contributed by atoms with Gasteiger partial charge in [-0.15, -0.1) is 0 Å². The molecule has 2 aromatic rings. The summed E-state index contributed by atoms with van der Waals surface area (Å²) in [5.41, 5.74) is 1.13. The van der Waals surface area contributed by atoms with Crippen LogP contribution in [0, 0.1) is 15.9 Å². The molecule has 1 heterocycles. The largest absolute Gasteiger partial charge is 0.395 e. The lowest BCUT2D eigenvalue weighted by Gasteiger charge is -2.36. The van der Waals surface area contributed by atoms with Gasteiger partial charge < -0.3 is 19.8 Å². The third-order valence-electron chi connectivity index (χ3n) is 5.53. The standard InChI is InChI=1S/C22H25FN4O5/c1-15(29)16-3-5-21(19(23)13-16)25-7-9-26(10-8-25)22(30)18-14-17(27(31)32)4-6-20(18)24(2)11-12-28/h3-6,13-14,28H,7-12H2,1-2H3. The van der Waals surface area contributed by atoms with Crippen LogP contribution in [0.5, 0.6) is 0 Å². The fraction of sp³-hybridized carbons (Fsp3) is 0.364. The van der Waals surface area contributed by atoms with E-state index in [2.05, 4.69) is 0 Å². The average Bonchev–Trinajstić information content (AvgIpc) is 2.78. The quantitative estimate of drug-likeness (QED) is 0.397. The number of carbonyl (C=O) groups is 2. The molecule has 0 aromatic heterocycles. The molecule has 0 radical (unpaired) electrons. The van der Waals surface area contributed by atoms with E-state index in [0.717, 1.165) is 0 Å². The van der Waals surface area contributed by atoms with Gasteiger partial charge >= 0.3 is 0 Å². The van der Waals surface area contributed by atoms with Crippen LogP contribution in [0.1, 0.15) is 27.6 Å². The summed E-state index contributed by atoms with van der Waals surface area (Å²) in [7, 11) is 1.69. The van der Waals surface area contributed by atoms with Crippen molar-refractivity contribution in [2.24, 2.45) is 0 Å². The Bertz CT molecular complexity index is 1040. The lowest BCUT2D eigenvalue weighted by Crippen LogP contribution is -2.49. The first kappa shape index (κ1) is 23.1. The number of non-ortho nitro benzene ring substituents is 1. The molecule has 1 aliphatic rings. The molecular weight excluding hydrogens is 419 g/mol. The second kappa shape index (κ2) is 9.73. The van der Waals surface area contributed by atoms with Crippen LogP contribution in [0.3, 0.4) is 0 Å². The minimum atomic E-state index is -0.558. The Morgan fingerprint density at radius 3 is 2.41 bits per heavy atom. The van der Waals surface area contributed by atoms with Crippen molar-refractivity contribution >= 4 is 28.8 Å². The number of hydrogen-bond donors (Lipinski definition) is 1. The molecule has 1 amide bonds. The SMILES string of the molecule is CC(=O)c1ccc(N2CCN(C(=O)c3cc([N+](=O)[O-])ccc3N(C)CCO)CC2)c(F)c1. The van der Waals surface area contributed by atoms with E-state index in [1.807, 2.05) is 0 Å². The molecule has 2 aromatic carbocycles. The molecule has 10 heteroatoms. The van der Waals surface area contributed by atoms with E-state index in [1.54, 1.807) is 33.9 Å². The van der Waals surface area contributed by atoms with E-state index in [-0.39, 0.29) is 36.1 Å². The van der Waals surface area contributed by atoms with Gasteiger partial charge in [0.1, 0.15) is 5.82 Å². The van der Waals surface area contributed by atoms with Gasteiger partial charge in [0.05, 0.1) is 22.8 Å². The smallest absolute Gasteiger partial charge is 0.270 e. The third kappa shape index (κ3) is 4.86. The Labute approximate surface area is 184 Å². The third-order valence-corrected chi connectivity index (χ3v) is 5.53. The normalized spacial score (nSPS) is 13.8. The summed E-state index contributed by atoms with van der Waals surface area (Å²) in [6.07, 6.45) is 0. The number of piperazine rings is 1. The molecule has 1 saturated heterocycles. The highest BCUT2D eigenvalue weighted by Crippen LogP contribution is 2.28. The van der Waals surface area contributed by atoms with Gasteiger partial charge in [-0.05, 0) is 31.2 Å². The second-order valence-corrected chi connectivity index (χ2v) is 7.61. The van der Waals surface area contributed by atoms with Crippen LogP contribution < -0.4 is 9.80 Å². The summed E-state index contributed by atoms with van der Waals surface area (Å²) in [5.74, 6) is -1.07. The zero-order valence-electron chi connectivity index (χ0n) is 18.0. The van der Waals surface area contributed by atoms with Gasteiger partial charge in [0.15, 0.2) is 5.78 Å². The van der Waals surface area contributed by atoms with Gasteiger partial charge in [0.2, 0.25) is 0 Å². The van der Waals surface area contributed by atoms with Gasteiger partial charge in [-0.3, -0.25) is 19.7 Å². The van der Waals surface area contributed by atoms with E-state index < -0.39 is 10.7 Å². The topological polar surface area (TPSA) is 107 Å². The Kier molecular flexibility index (Phi) is 7.04. The number of ketones is 1. The molecule has 0 unspecified atom stereocenters. The number of amides is 1. The summed E-state index contributed by atoms with van der Waals surface area (Å²) in [4.78, 5) is 40.4. The van der Waals surface area contributed by atoms with Crippen molar-refractivity contribution < 1.29 is 24.0 Å². The molecule has 170 valence electrons. The van der Waals surface area contributed by atoms with Gasteiger partial charge in [-0.2, -0.15) is 0 Å². The van der Waals surface area contributed by atoms with Crippen molar-refractivity contribution in [3.05, 3.63) is 63.5 Å². The Morgan fingerprint density at radius 2 is 1.84 bits per heavy atom. The number of Topliss-reactive ketones (excluding diaryl/α,β-unsaturated/α-hetero) is 1. The van der Waals surface area contributed by atoms with Crippen molar-refractivity contribution in [3.63, 3.8) is 0 Å². The number of likely N-dealkylation sites (N-methyl/N-ethyl adjacent to an activating group) is 1. The average molecular weight is 444 g/mol. The summed E-state index contributed by atoms with van der Waals surface area (Å²) < 4.78 is 14.5. The van der Waals surface area contributed by atoms with Crippen LogP contribution in [0.2, 0.25) is 0 Å². The summed E-state index contributed by atoms with van der Waals surface area (Å²) >= 11 is 0. The second-order valence-electron chi connectivity index (χ2n) is 7.61. The molecule has 1 aliphatic heterocycles. The van der Waals surface area contributed by atoms with Crippen molar-refractivity contribution in [1.82, 2.24) is 4.90 Å². The predicted molar refractivity (Wildman–Crippen MR) is 118 cm³/mol. The number of carbonyl (C=O) groups excluding carboxylic acids is 2. The first-order chi connectivity index (χ1) is 15.2.